The van der Waals surface area contributed by atoms with Gasteiger partial charge in [-0.25, -0.2) is 0 Å². The Morgan fingerprint density at radius 1 is 1.29 bits per heavy atom. The minimum atomic E-state index is -0.126. The van der Waals surface area contributed by atoms with Gasteiger partial charge in [-0.3, -0.25) is 9.69 Å². The van der Waals surface area contributed by atoms with Gasteiger partial charge >= 0.3 is 0 Å². The Kier molecular flexibility index (Phi) is 5.73. The smallest absolute Gasteiger partial charge is 0.234 e. The van der Waals surface area contributed by atoms with Gasteiger partial charge in [-0.2, -0.15) is 0 Å². The summed E-state index contributed by atoms with van der Waals surface area (Å²) in [6.07, 6.45) is 0.524. The molecule has 1 aliphatic heterocycles. The van der Waals surface area contributed by atoms with Gasteiger partial charge in [0.1, 0.15) is 0 Å². The molecule has 1 aliphatic rings. The third-order valence-corrected chi connectivity index (χ3v) is 3.67. The number of nitrogens with zero attached hydrogens (tertiary/aromatic N) is 1. The number of nitrogens with two attached hydrogens (primary N) is 1. The molecule has 1 heterocycles. The first-order valence-electron chi connectivity index (χ1n) is 7.50. The second-order valence-electron chi connectivity index (χ2n) is 5.70. The molecule has 0 aromatic heterocycles. The van der Waals surface area contributed by atoms with E-state index in [-0.39, 0.29) is 24.7 Å². The van der Waals surface area contributed by atoms with E-state index in [1.807, 2.05) is 12.1 Å². The normalized spacial score (nSPS) is 23.0. The molecule has 1 fully saturated rings. The summed E-state index contributed by atoms with van der Waals surface area (Å²) in [6, 6.07) is 8.21. The average Bonchev–Trinajstić information content (AvgIpc) is 2.45. The van der Waals surface area contributed by atoms with E-state index < -0.39 is 0 Å². The lowest BCUT2D eigenvalue weighted by Gasteiger charge is -2.35. The van der Waals surface area contributed by atoms with Crippen LogP contribution in [0.1, 0.15) is 25.0 Å². The number of hydrogen-bond acceptors (Lipinski definition) is 4. The maximum atomic E-state index is 11.3. The maximum Gasteiger partial charge on any atom is 0.234 e. The molecule has 0 spiro atoms. The number of hydrogen-bond donors (Lipinski definition) is 2. The summed E-state index contributed by atoms with van der Waals surface area (Å²) >= 11 is 0. The minimum absolute atomic E-state index is 0.0284. The van der Waals surface area contributed by atoms with Crippen LogP contribution in [-0.2, 0) is 22.6 Å². The van der Waals surface area contributed by atoms with Crippen LogP contribution in [0.4, 0.5) is 0 Å². The van der Waals surface area contributed by atoms with Crippen molar-refractivity contribution in [1.82, 2.24) is 10.2 Å². The molecule has 2 rings (SSSR count). The number of nitrogens with one attached hydrogen (secondary N) is 1. The fraction of sp³-hybridized carbons (Fsp3) is 0.562. The Morgan fingerprint density at radius 2 is 1.90 bits per heavy atom. The monoisotopic (exact) mass is 291 g/mol. The summed E-state index contributed by atoms with van der Waals surface area (Å²) in [5, 5.41) is 2.84. The van der Waals surface area contributed by atoms with Gasteiger partial charge in [-0.05, 0) is 25.0 Å². The topological polar surface area (TPSA) is 67.6 Å². The number of carbonyl (C=O) groups is 1. The van der Waals surface area contributed by atoms with Gasteiger partial charge in [0, 0.05) is 26.2 Å². The second-order valence-corrected chi connectivity index (χ2v) is 5.70. The van der Waals surface area contributed by atoms with E-state index in [0.717, 1.165) is 25.2 Å². The van der Waals surface area contributed by atoms with Crippen LogP contribution in [0.5, 0.6) is 0 Å². The average molecular weight is 291 g/mol. The largest absolute Gasteiger partial charge is 0.373 e. The van der Waals surface area contributed by atoms with Gasteiger partial charge in [0.25, 0.3) is 0 Å². The number of carbonyl (C=O) groups excluding carboxylic acids is 1. The predicted octanol–water partition coefficient (Wildman–Crippen LogP) is 0.871. The van der Waals surface area contributed by atoms with Crippen molar-refractivity contribution >= 4 is 5.91 Å². The van der Waals surface area contributed by atoms with Crippen LogP contribution in [0.2, 0.25) is 0 Å². The number of rotatable bonds is 5. The zero-order valence-electron chi connectivity index (χ0n) is 12.8. The molecule has 0 radical (unpaired) electrons. The highest BCUT2D eigenvalue weighted by atomic mass is 16.5. The molecular formula is C16H25N3O2. The van der Waals surface area contributed by atoms with Crippen molar-refractivity contribution in [1.29, 1.82) is 0 Å². The summed E-state index contributed by atoms with van der Waals surface area (Å²) in [5.41, 5.74) is 7.71. The number of benzene rings is 1. The lowest BCUT2D eigenvalue weighted by molar-refractivity contribution is -0.119. The van der Waals surface area contributed by atoms with E-state index in [1.165, 1.54) is 5.56 Å². The lowest BCUT2D eigenvalue weighted by Crippen LogP contribution is -2.45. The highest BCUT2D eigenvalue weighted by Gasteiger charge is 2.22. The second kappa shape index (κ2) is 7.54. The maximum absolute atomic E-state index is 11.3. The summed E-state index contributed by atoms with van der Waals surface area (Å²) in [7, 11) is 0. The van der Waals surface area contributed by atoms with Crippen molar-refractivity contribution in [2.45, 2.75) is 39.1 Å². The number of amides is 1. The molecule has 3 N–H and O–H groups in total. The van der Waals surface area contributed by atoms with E-state index in [9.17, 15) is 4.79 Å². The summed E-state index contributed by atoms with van der Waals surface area (Å²) in [6.45, 7) is 7.53. The molecule has 0 saturated carbocycles. The van der Waals surface area contributed by atoms with Crippen LogP contribution in [-0.4, -0.2) is 42.6 Å². The first-order valence-corrected chi connectivity index (χ1v) is 7.50. The third-order valence-electron chi connectivity index (χ3n) is 3.67. The predicted molar refractivity (Wildman–Crippen MR) is 82.6 cm³/mol. The standard InChI is InChI=1S/C16H25N3O2/c1-12-9-19(10-13(2)21-12)11-15-6-4-3-5-14(15)8-18-16(20)7-17/h3-6,12-13H,7-11,17H2,1-2H3,(H,18,20)/t12-,13+. The minimum Gasteiger partial charge on any atom is -0.373 e. The quantitative estimate of drug-likeness (QED) is 0.845. The van der Waals surface area contributed by atoms with Crippen molar-refractivity contribution < 1.29 is 9.53 Å². The third kappa shape index (κ3) is 4.81. The van der Waals surface area contributed by atoms with Crippen LogP contribution in [0.25, 0.3) is 0 Å². The Hall–Kier alpha value is -1.43. The fourth-order valence-corrected chi connectivity index (χ4v) is 2.80. The highest BCUT2D eigenvalue weighted by Crippen LogP contribution is 2.16. The molecule has 0 bridgehead atoms. The van der Waals surface area contributed by atoms with Gasteiger partial charge < -0.3 is 15.8 Å². The highest BCUT2D eigenvalue weighted by molar-refractivity contribution is 5.77. The van der Waals surface area contributed by atoms with Crippen LogP contribution in [0.3, 0.4) is 0 Å². The van der Waals surface area contributed by atoms with Crippen molar-refractivity contribution in [3.8, 4) is 0 Å². The van der Waals surface area contributed by atoms with Gasteiger partial charge in [0.15, 0.2) is 0 Å². The molecule has 1 aromatic carbocycles. The van der Waals surface area contributed by atoms with Crippen molar-refractivity contribution in [3.05, 3.63) is 35.4 Å². The fourth-order valence-electron chi connectivity index (χ4n) is 2.80. The van der Waals surface area contributed by atoms with Crippen LogP contribution in [0, 0.1) is 0 Å². The Balaban J connectivity index is 2.00. The van der Waals surface area contributed by atoms with Gasteiger partial charge in [-0.15, -0.1) is 0 Å². The number of morpholine rings is 1. The lowest BCUT2D eigenvalue weighted by atomic mass is 10.1. The van der Waals surface area contributed by atoms with Crippen molar-refractivity contribution in [2.24, 2.45) is 5.73 Å². The molecule has 5 nitrogen and oxygen atoms in total. The van der Waals surface area contributed by atoms with Gasteiger partial charge in [0.05, 0.1) is 18.8 Å². The molecule has 21 heavy (non-hydrogen) atoms. The summed E-state index contributed by atoms with van der Waals surface area (Å²) < 4.78 is 5.77. The molecule has 1 amide bonds. The van der Waals surface area contributed by atoms with E-state index >= 15 is 0 Å². The molecule has 116 valence electrons. The van der Waals surface area contributed by atoms with E-state index in [0.29, 0.717) is 6.54 Å². The Morgan fingerprint density at radius 3 is 2.52 bits per heavy atom. The molecule has 1 aromatic rings. The van der Waals surface area contributed by atoms with Crippen LogP contribution in [0.15, 0.2) is 24.3 Å². The molecule has 0 unspecified atom stereocenters. The molecule has 0 aliphatic carbocycles. The Bertz CT molecular complexity index is 468. The first-order chi connectivity index (χ1) is 10.1. The van der Waals surface area contributed by atoms with E-state index in [1.54, 1.807) is 0 Å². The molecule has 5 heteroatoms. The SMILES string of the molecule is C[C@@H]1CN(Cc2ccccc2CNC(=O)CN)C[C@H](C)O1. The zero-order chi connectivity index (χ0) is 15.2. The van der Waals surface area contributed by atoms with E-state index in [4.69, 9.17) is 10.5 Å². The van der Waals surface area contributed by atoms with Gasteiger partial charge in [0.2, 0.25) is 5.91 Å². The van der Waals surface area contributed by atoms with Crippen molar-refractivity contribution in [3.63, 3.8) is 0 Å². The van der Waals surface area contributed by atoms with Crippen LogP contribution >= 0.6 is 0 Å². The number of ether oxygens (including phenoxy) is 1. The first kappa shape index (κ1) is 15.9. The molecule has 1 saturated heterocycles. The summed E-state index contributed by atoms with van der Waals surface area (Å²) in [4.78, 5) is 13.7. The molecular weight excluding hydrogens is 266 g/mol. The van der Waals surface area contributed by atoms with Gasteiger partial charge in [-0.1, -0.05) is 24.3 Å². The Labute approximate surface area is 126 Å². The van der Waals surface area contributed by atoms with Crippen LogP contribution < -0.4 is 11.1 Å². The van der Waals surface area contributed by atoms with Crippen molar-refractivity contribution in [2.75, 3.05) is 19.6 Å². The zero-order valence-corrected chi connectivity index (χ0v) is 12.8. The van der Waals surface area contributed by atoms with E-state index in [2.05, 4.69) is 36.2 Å². The summed E-state index contributed by atoms with van der Waals surface area (Å²) in [5.74, 6) is -0.126. The molecule has 2 atom stereocenters.